The fourth-order valence-corrected chi connectivity index (χ4v) is 3.32. The third-order valence-corrected chi connectivity index (χ3v) is 4.75. The molecule has 142 valence electrons. The Hall–Kier alpha value is -3.39. The lowest BCUT2D eigenvalue weighted by atomic mass is 9.94. The largest absolute Gasteiger partial charge is 0.489 e. The van der Waals surface area contributed by atoms with E-state index in [9.17, 15) is 4.79 Å². The van der Waals surface area contributed by atoms with Gasteiger partial charge in [0, 0.05) is 16.3 Å². The van der Waals surface area contributed by atoms with Crippen LogP contribution in [0.2, 0.25) is 5.02 Å². The van der Waals surface area contributed by atoms with E-state index in [0.29, 0.717) is 34.6 Å². The molecule has 0 bridgehead atoms. The maximum absolute atomic E-state index is 12.2. The van der Waals surface area contributed by atoms with E-state index in [-0.39, 0.29) is 0 Å². The minimum Gasteiger partial charge on any atom is -0.489 e. The molecule has 3 aromatic rings. The van der Waals surface area contributed by atoms with Crippen LogP contribution in [0.3, 0.4) is 0 Å². The van der Waals surface area contributed by atoms with Gasteiger partial charge in [-0.3, -0.25) is 4.79 Å². The molecule has 8 nitrogen and oxygen atoms in total. The first kappa shape index (κ1) is 18.0. The van der Waals surface area contributed by atoms with Gasteiger partial charge in [-0.15, -0.1) is 0 Å². The van der Waals surface area contributed by atoms with E-state index in [1.165, 1.54) is 4.68 Å². The van der Waals surface area contributed by atoms with Gasteiger partial charge in [0.1, 0.15) is 18.4 Å². The lowest BCUT2D eigenvalue weighted by Crippen LogP contribution is -2.32. The van der Waals surface area contributed by atoms with Crippen LogP contribution < -0.4 is 15.8 Å². The second-order valence-corrected chi connectivity index (χ2v) is 6.77. The number of para-hydroxylation sites is 1. The van der Waals surface area contributed by atoms with Crippen LogP contribution in [0.1, 0.15) is 24.1 Å². The first-order chi connectivity index (χ1) is 13.5. The van der Waals surface area contributed by atoms with Gasteiger partial charge in [-0.25, -0.2) is 0 Å². The first-order valence-electron chi connectivity index (χ1n) is 8.56. The fraction of sp³-hybridized carbons (Fsp3) is 0.158. The van der Waals surface area contributed by atoms with Crippen molar-refractivity contribution < 1.29 is 9.53 Å². The van der Waals surface area contributed by atoms with E-state index in [0.717, 1.165) is 11.1 Å². The highest BCUT2D eigenvalue weighted by atomic mass is 35.5. The molecule has 1 aliphatic rings. The van der Waals surface area contributed by atoms with E-state index >= 15 is 0 Å². The fourth-order valence-electron chi connectivity index (χ4n) is 3.20. The third kappa shape index (κ3) is 3.29. The number of fused-ring (bicyclic) bond motifs is 1. The minimum absolute atomic E-state index is 0.343. The van der Waals surface area contributed by atoms with Crippen LogP contribution in [-0.4, -0.2) is 26.1 Å². The highest BCUT2D eigenvalue weighted by Gasteiger charge is 2.34. The third-order valence-electron chi connectivity index (χ3n) is 4.50. The molecule has 2 heterocycles. The Bertz CT molecular complexity index is 1060. The normalized spacial score (nSPS) is 15.7. The maximum Gasteiger partial charge on any atom is 0.248 e. The van der Waals surface area contributed by atoms with E-state index in [4.69, 9.17) is 22.1 Å². The summed E-state index contributed by atoms with van der Waals surface area (Å²) in [4.78, 5) is 12.2. The zero-order valence-corrected chi connectivity index (χ0v) is 15.7. The van der Waals surface area contributed by atoms with Crippen molar-refractivity contribution in [1.29, 1.82) is 0 Å². The molecule has 0 spiro atoms. The molecule has 0 aliphatic carbocycles. The molecular weight excluding hydrogens is 380 g/mol. The summed E-state index contributed by atoms with van der Waals surface area (Å²) in [5, 5.41) is 15.4. The van der Waals surface area contributed by atoms with Crippen LogP contribution in [0.15, 0.2) is 59.8 Å². The number of amides is 1. The van der Waals surface area contributed by atoms with Crippen molar-refractivity contribution in [1.82, 2.24) is 20.2 Å². The molecule has 3 N–H and O–H groups in total. The number of tetrazole rings is 1. The van der Waals surface area contributed by atoms with Gasteiger partial charge in [0.15, 0.2) is 0 Å². The molecule has 0 radical (unpaired) electrons. The Morgan fingerprint density at radius 1 is 1.25 bits per heavy atom. The van der Waals surface area contributed by atoms with Crippen molar-refractivity contribution in [3.8, 4) is 5.75 Å². The standard InChI is InChI=1S/C19H17ClN6O2/c1-11-16(18(21)27)17(26-19(22-11)23-24-25-26)14-4-2-3-5-15(14)28-10-12-6-8-13(20)9-7-12/h2-9,17H,10H2,1H3,(H2,21,27)(H,22,23,25). The van der Waals surface area contributed by atoms with Crippen molar-refractivity contribution in [2.24, 2.45) is 5.73 Å². The number of hydrogen-bond acceptors (Lipinski definition) is 6. The van der Waals surface area contributed by atoms with Crippen molar-refractivity contribution in [3.05, 3.63) is 76.0 Å². The quantitative estimate of drug-likeness (QED) is 0.686. The van der Waals surface area contributed by atoms with Gasteiger partial charge >= 0.3 is 0 Å². The number of carbonyl (C=O) groups excluding carboxylic acids is 1. The topological polar surface area (TPSA) is 108 Å². The number of aromatic nitrogens is 4. The molecule has 1 amide bonds. The SMILES string of the molecule is CC1=C(C(N)=O)C(c2ccccc2OCc2ccc(Cl)cc2)n2nnnc2N1. The molecule has 9 heteroatoms. The molecule has 1 aliphatic heterocycles. The van der Waals surface area contributed by atoms with E-state index in [1.54, 1.807) is 6.92 Å². The summed E-state index contributed by atoms with van der Waals surface area (Å²) in [7, 11) is 0. The van der Waals surface area contributed by atoms with Crippen LogP contribution in [0, 0.1) is 0 Å². The number of nitrogens with two attached hydrogens (primary N) is 1. The Balaban J connectivity index is 1.73. The van der Waals surface area contributed by atoms with Crippen LogP contribution >= 0.6 is 11.6 Å². The van der Waals surface area contributed by atoms with Crippen LogP contribution in [-0.2, 0) is 11.4 Å². The van der Waals surface area contributed by atoms with Gasteiger partial charge < -0.3 is 15.8 Å². The smallest absolute Gasteiger partial charge is 0.248 e. The molecule has 2 aromatic carbocycles. The molecule has 0 saturated carbocycles. The molecule has 4 rings (SSSR count). The lowest BCUT2D eigenvalue weighted by molar-refractivity contribution is -0.115. The van der Waals surface area contributed by atoms with Gasteiger partial charge in [-0.2, -0.15) is 4.68 Å². The summed E-state index contributed by atoms with van der Waals surface area (Å²) >= 11 is 5.93. The molecular formula is C19H17ClN6O2. The van der Waals surface area contributed by atoms with Gasteiger partial charge in [-0.1, -0.05) is 47.0 Å². The number of benzene rings is 2. The number of primary amides is 1. The van der Waals surface area contributed by atoms with Gasteiger partial charge in [0.2, 0.25) is 11.9 Å². The number of nitrogens with zero attached hydrogens (tertiary/aromatic N) is 4. The van der Waals surface area contributed by atoms with Gasteiger partial charge in [0.25, 0.3) is 0 Å². The number of carbonyl (C=O) groups is 1. The lowest BCUT2D eigenvalue weighted by Gasteiger charge is -2.28. The molecule has 0 saturated heterocycles. The summed E-state index contributed by atoms with van der Waals surface area (Å²) in [5.41, 5.74) is 8.35. The van der Waals surface area contributed by atoms with E-state index in [2.05, 4.69) is 20.8 Å². The number of ether oxygens (including phenoxy) is 1. The molecule has 1 atom stereocenters. The van der Waals surface area contributed by atoms with Gasteiger partial charge in [0.05, 0.1) is 5.57 Å². The summed E-state index contributed by atoms with van der Waals surface area (Å²) in [5.74, 6) is 0.487. The van der Waals surface area contributed by atoms with Crippen LogP contribution in [0.4, 0.5) is 5.95 Å². The highest BCUT2D eigenvalue weighted by molar-refractivity contribution is 6.30. The van der Waals surface area contributed by atoms with Crippen LogP contribution in [0.25, 0.3) is 0 Å². The van der Waals surface area contributed by atoms with E-state index in [1.807, 2.05) is 48.5 Å². The molecule has 28 heavy (non-hydrogen) atoms. The zero-order valence-electron chi connectivity index (χ0n) is 15.0. The summed E-state index contributed by atoms with van der Waals surface area (Å²) in [6.45, 7) is 2.11. The van der Waals surface area contributed by atoms with Crippen molar-refractivity contribution >= 4 is 23.5 Å². The number of rotatable bonds is 5. The number of allylic oxidation sites excluding steroid dienone is 1. The summed E-state index contributed by atoms with van der Waals surface area (Å²) in [6, 6.07) is 14.3. The Morgan fingerprint density at radius 2 is 2.00 bits per heavy atom. The second kappa shape index (κ2) is 7.32. The highest BCUT2D eigenvalue weighted by Crippen LogP contribution is 2.38. The van der Waals surface area contributed by atoms with Crippen LogP contribution in [0.5, 0.6) is 5.75 Å². The zero-order chi connectivity index (χ0) is 19.7. The monoisotopic (exact) mass is 396 g/mol. The number of nitrogens with one attached hydrogen (secondary N) is 1. The van der Waals surface area contributed by atoms with Crippen molar-refractivity contribution in [2.75, 3.05) is 5.32 Å². The summed E-state index contributed by atoms with van der Waals surface area (Å²) < 4.78 is 7.58. The predicted octanol–water partition coefficient (Wildman–Crippen LogP) is 2.68. The van der Waals surface area contributed by atoms with Crippen molar-refractivity contribution in [2.45, 2.75) is 19.6 Å². The number of hydrogen-bond donors (Lipinski definition) is 2. The molecule has 1 aromatic heterocycles. The van der Waals surface area contributed by atoms with Crippen molar-refractivity contribution in [3.63, 3.8) is 0 Å². The maximum atomic E-state index is 12.2. The minimum atomic E-state index is -0.592. The predicted molar refractivity (Wildman–Crippen MR) is 104 cm³/mol. The number of anilines is 1. The number of halogens is 1. The Labute approximate surface area is 165 Å². The van der Waals surface area contributed by atoms with Gasteiger partial charge in [-0.05, 0) is 41.1 Å². The van der Waals surface area contributed by atoms with E-state index < -0.39 is 11.9 Å². The average molecular weight is 397 g/mol. The molecule has 1 unspecified atom stereocenters. The Morgan fingerprint density at radius 3 is 2.75 bits per heavy atom. The second-order valence-electron chi connectivity index (χ2n) is 6.33. The molecule has 0 fully saturated rings. The average Bonchev–Trinajstić information content (AvgIpc) is 3.14. The first-order valence-corrected chi connectivity index (χ1v) is 8.94. The Kier molecular flexibility index (Phi) is 4.70. The summed E-state index contributed by atoms with van der Waals surface area (Å²) in [6.07, 6.45) is 0.